The first-order chi connectivity index (χ1) is 16.0. The molecule has 1 heterocycles. The number of rotatable bonds is 6. The van der Waals surface area contributed by atoms with Crippen LogP contribution in [0.15, 0.2) is 35.2 Å². The third kappa shape index (κ3) is 5.59. The molecular weight excluding hydrogens is 454 g/mol. The quantitative estimate of drug-likeness (QED) is 0.623. The van der Waals surface area contributed by atoms with Crippen molar-refractivity contribution in [2.24, 2.45) is 5.92 Å². The van der Waals surface area contributed by atoms with E-state index < -0.39 is 16.1 Å². The Balaban J connectivity index is 1.62. The molecule has 0 bridgehead atoms. The third-order valence-corrected chi connectivity index (χ3v) is 8.57. The van der Waals surface area contributed by atoms with Gasteiger partial charge < -0.3 is 10.1 Å². The summed E-state index contributed by atoms with van der Waals surface area (Å²) in [7, 11) is -3.64. The van der Waals surface area contributed by atoms with Crippen LogP contribution in [0.5, 0.6) is 0 Å². The minimum absolute atomic E-state index is 0.137. The molecule has 0 atom stereocenters. The number of hydrogen-bond acceptors (Lipinski definition) is 5. The van der Waals surface area contributed by atoms with Gasteiger partial charge in [0, 0.05) is 30.4 Å². The number of carbonyl (C=O) groups is 2. The normalized spacial score (nSPS) is 15.1. The van der Waals surface area contributed by atoms with E-state index in [2.05, 4.69) is 10.6 Å². The topological polar surface area (TPSA) is 105 Å². The van der Waals surface area contributed by atoms with Crippen molar-refractivity contribution in [2.75, 3.05) is 30.3 Å². The second-order valence-electron chi connectivity index (χ2n) is 8.68. The number of hydrogen-bond donors (Lipinski definition) is 2. The average Bonchev–Trinajstić information content (AvgIpc) is 2.79. The zero-order valence-corrected chi connectivity index (χ0v) is 21.2. The summed E-state index contributed by atoms with van der Waals surface area (Å²) in [5.74, 6) is -0.410. The van der Waals surface area contributed by atoms with E-state index in [1.807, 2.05) is 33.8 Å². The van der Waals surface area contributed by atoms with Crippen LogP contribution >= 0.6 is 0 Å². The fraction of sp³-hybridized carbons (Fsp3) is 0.440. The van der Waals surface area contributed by atoms with Gasteiger partial charge in [-0.15, -0.1) is 0 Å². The molecule has 0 unspecified atom stereocenters. The minimum atomic E-state index is -3.64. The van der Waals surface area contributed by atoms with Crippen LogP contribution in [0.1, 0.15) is 42.0 Å². The summed E-state index contributed by atoms with van der Waals surface area (Å²) >= 11 is 0. The highest BCUT2D eigenvalue weighted by Gasteiger charge is 2.34. The fourth-order valence-corrected chi connectivity index (χ4v) is 6.27. The van der Waals surface area contributed by atoms with Crippen molar-refractivity contribution in [1.29, 1.82) is 0 Å². The monoisotopic (exact) mass is 487 g/mol. The number of anilines is 2. The number of carbonyl (C=O) groups excluding carboxylic acids is 2. The third-order valence-electron chi connectivity index (χ3n) is 6.39. The van der Waals surface area contributed by atoms with Gasteiger partial charge in [-0.1, -0.05) is 6.07 Å². The van der Waals surface area contributed by atoms with Gasteiger partial charge in [0.25, 0.3) is 0 Å². The molecular formula is C25H33N3O5S. The second-order valence-corrected chi connectivity index (χ2v) is 10.6. The molecule has 1 aliphatic rings. The molecule has 0 radical (unpaired) electrons. The maximum absolute atomic E-state index is 13.4. The number of aryl methyl sites for hydroxylation is 2. The molecule has 3 rings (SSSR count). The summed E-state index contributed by atoms with van der Waals surface area (Å²) in [4.78, 5) is 24.7. The first-order valence-electron chi connectivity index (χ1n) is 11.5. The maximum Gasteiger partial charge on any atom is 0.411 e. The van der Waals surface area contributed by atoms with Crippen LogP contribution < -0.4 is 10.6 Å². The molecule has 1 aliphatic heterocycles. The maximum atomic E-state index is 13.4. The lowest BCUT2D eigenvalue weighted by Gasteiger charge is -2.31. The molecule has 0 aromatic heterocycles. The van der Waals surface area contributed by atoms with E-state index >= 15 is 0 Å². The van der Waals surface area contributed by atoms with E-state index in [1.165, 1.54) is 4.31 Å². The largest absolute Gasteiger partial charge is 0.450 e. The lowest BCUT2D eigenvalue weighted by atomic mass is 9.97. The van der Waals surface area contributed by atoms with Crippen LogP contribution in [-0.4, -0.2) is 44.4 Å². The minimum Gasteiger partial charge on any atom is -0.450 e. The van der Waals surface area contributed by atoms with Gasteiger partial charge in [0.2, 0.25) is 15.9 Å². The number of benzene rings is 2. The highest BCUT2D eigenvalue weighted by Crippen LogP contribution is 2.31. The van der Waals surface area contributed by atoms with Crippen molar-refractivity contribution in [3.8, 4) is 0 Å². The summed E-state index contributed by atoms with van der Waals surface area (Å²) in [5, 5.41) is 5.48. The summed E-state index contributed by atoms with van der Waals surface area (Å²) in [5.41, 5.74) is 4.65. The highest BCUT2D eigenvalue weighted by atomic mass is 32.2. The summed E-state index contributed by atoms with van der Waals surface area (Å²) in [6.07, 6.45) is 0.375. The van der Waals surface area contributed by atoms with E-state index in [9.17, 15) is 18.0 Å². The Kier molecular flexibility index (Phi) is 7.99. The lowest BCUT2D eigenvalue weighted by Crippen LogP contribution is -2.41. The molecule has 1 fully saturated rings. The first-order valence-corrected chi connectivity index (χ1v) is 12.9. The lowest BCUT2D eigenvalue weighted by molar-refractivity contribution is -0.120. The predicted octanol–water partition coefficient (Wildman–Crippen LogP) is 4.53. The number of piperidine rings is 1. The molecule has 2 aromatic carbocycles. The van der Waals surface area contributed by atoms with Gasteiger partial charge in [0.1, 0.15) is 0 Å². The molecule has 1 saturated heterocycles. The Hall–Kier alpha value is -2.91. The Labute approximate surface area is 201 Å². The van der Waals surface area contributed by atoms with Gasteiger partial charge in [-0.2, -0.15) is 4.31 Å². The van der Waals surface area contributed by atoms with Crippen LogP contribution in [0, 0.1) is 33.6 Å². The summed E-state index contributed by atoms with van der Waals surface area (Å²) < 4.78 is 33.2. The summed E-state index contributed by atoms with van der Waals surface area (Å²) in [6.45, 7) is 10.2. The van der Waals surface area contributed by atoms with Gasteiger partial charge >= 0.3 is 6.09 Å². The van der Waals surface area contributed by atoms with Crippen LogP contribution in [0.4, 0.5) is 16.2 Å². The average molecular weight is 488 g/mol. The number of sulfonamides is 1. The number of nitrogens with one attached hydrogen (secondary N) is 2. The first kappa shape index (κ1) is 25.7. The van der Waals surface area contributed by atoms with Gasteiger partial charge in [-0.05, 0) is 94.0 Å². The molecule has 2 N–H and O–H groups in total. The Morgan fingerprint density at radius 2 is 1.44 bits per heavy atom. The zero-order valence-electron chi connectivity index (χ0n) is 20.4. The van der Waals surface area contributed by atoms with E-state index in [1.54, 1.807) is 31.2 Å². The summed E-state index contributed by atoms with van der Waals surface area (Å²) in [6, 6.07) is 8.77. The van der Waals surface area contributed by atoms with E-state index in [4.69, 9.17) is 4.74 Å². The zero-order chi connectivity index (χ0) is 25.0. The molecule has 2 amide bonds. The van der Waals surface area contributed by atoms with Crippen molar-refractivity contribution in [1.82, 2.24) is 4.31 Å². The van der Waals surface area contributed by atoms with E-state index in [-0.39, 0.29) is 18.4 Å². The van der Waals surface area contributed by atoms with E-state index in [0.717, 1.165) is 22.3 Å². The SMILES string of the molecule is CCOC(=O)Nc1ccc(NC(=O)C2CCN(S(=O)(=O)c3c(C)c(C)cc(C)c3C)CC2)cc1. The molecule has 0 saturated carbocycles. The van der Waals surface area contributed by atoms with Crippen LogP contribution in [0.2, 0.25) is 0 Å². The second kappa shape index (κ2) is 10.6. The van der Waals surface area contributed by atoms with Crippen molar-refractivity contribution in [2.45, 2.75) is 52.4 Å². The van der Waals surface area contributed by atoms with Crippen LogP contribution in [-0.2, 0) is 19.6 Å². The van der Waals surface area contributed by atoms with Crippen molar-refractivity contribution >= 4 is 33.4 Å². The van der Waals surface area contributed by atoms with Crippen LogP contribution in [0.25, 0.3) is 0 Å². The molecule has 2 aromatic rings. The Bertz CT molecular complexity index is 1140. The number of ether oxygens (including phenoxy) is 1. The van der Waals surface area contributed by atoms with Crippen molar-refractivity contribution < 1.29 is 22.7 Å². The fourth-order valence-electron chi connectivity index (χ4n) is 4.22. The Morgan fingerprint density at radius 3 is 1.94 bits per heavy atom. The van der Waals surface area contributed by atoms with Crippen molar-refractivity contribution in [3.63, 3.8) is 0 Å². The molecule has 0 aliphatic carbocycles. The highest BCUT2D eigenvalue weighted by molar-refractivity contribution is 7.89. The van der Waals surface area contributed by atoms with Crippen LogP contribution in [0.3, 0.4) is 0 Å². The molecule has 8 nitrogen and oxygen atoms in total. The van der Waals surface area contributed by atoms with Gasteiger partial charge in [0.05, 0.1) is 11.5 Å². The molecule has 9 heteroatoms. The smallest absolute Gasteiger partial charge is 0.411 e. The van der Waals surface area contributed by atoms with Gasteiger partial charge in [-0.25, -0.2) is 13.2 Å². The molecule has 184 valence electrons. The predicted molar refractivity (Wildman–Crippen MR) is 133 cm³/mol. The van der Waals surface area contributed by atoms with Gasteiger partial charge in [0.15, 0.2) is 0 Å². The number of amides is 2. The number of nitrogens with zero attached hydrogens (tertiary/aromatic N) is 1. The Morgan fingerprint density at radius 1 is 0.941 bits per heavy atom. The van der Waals surface area contributed by atoms with Gasteiger partial charge in [-0.3, -0.25) is 10.1 Å². The molecule has 0 spiro atoms. The van der Waals surface area contributed by atoms with E-state index in [0.29, 0.717) is 42.2 Å². The standard InChI is InChI=1S/C25H33N3O5S/c1-6-33-25(30)27-22-9-7-21(8-10-22)26-24(29)20-11-13-28(14-12-20)34(31,32)23-18(4)16(2)15-17(3)19(23)5/h7-10,15,20H,6,11-14H2,1-5H3,(H,26,29)(H,27,30). The molecule has 34 heavy (non-hydrogen) atoms. The van der Waals surface area contributed by atoms with Crippen molar-refractivity contribution in [3.05, 3.63) is 52.6 Å².